The van der Waals surface area contributed by atoms with Gasteiger partial charge in [-0.3, -0.25) is 0 Å². The first kappa shape index (κ1) is 14.4. The second-order valence-corrected chi connectivity index (χ2v) is 5.50. The molecule has 1 unspecified atom stereocenters. The maximum absolute atomic E-state index is 6.23. The van der Waals surface area contributed by atoms with Crippen LogP contribution in [0.25, 0.3) is 10.8 Å². The van der Waals surface area contributed by atoms with E-state index in [-0.39, 0.29) is 6.10 Å². The summed E-state index contributed by atoms with van der Waals surface area (Å²) in [5.74, 6) is 0.991. The topological polar surface area (TPSA) is 30.5 Å². The Morgan fingerprint density at radius 3 is 2.95 bits per heavy atom. The monoisotopic (exact) mass is 285 g/mol. The van der Waals surface area contributed by atoms with Gasteiger partial charge in [-0.2, -0.15) is 0 Å². The number of fused-ring (bicyclic) bond motifs is 1. The molecular formula is C18H23NO2. The van der Waals surface area contributed by atoms with Gasteiger partial charge in [0.25, 0.3) is 0 Å². The molecule has 3 rings (SSSR count). The molecule has 0 aromatic heterocycles. The Hall–Kier alpha value is -1.58. The van der Waals surface area contributed by atoms with Crippen molar-refractivity contribution in [3.63, 3.8) is 0 Å². The molecule has 0 aliphatic carbocycles. The van der Waals surface area contributed by atoms with Crippen LogP contribution in [-0.2, 0) is 11.3 Å². The third-order valence-electron chi connectivity index (χ3n) is 3.96. The molecule has 3 nitrogen and oxygen atoms in total. The van der Waals surface area contributed by atoms with E-state index in [1.165, 1.54) is 16.3 Å². The van der Waals surface area contributed by atoms with Crippen LogP contribution in [-0.4, -0.2) is 25.9 Å². The summed E-state index contributed by atoms with van der Waals surface area (Å²) < 4.78 is 11.7. The van der Waals surface area contributed by atoms with Crippen molar-refractivity contribution in [3.05, 3.63) is 42.0 Å². The molecule has 0 spiro atoms. The van der Waals surface area contributed by atoms with E-state index in [1.807, 2.05) is 0 Å². The normalized spacial score (nSPS) is 18.8. The number of ether oxygens (including phenoxy) is 2. The quantitative estimate of drug-likeness (QED) is 0.912. The van der Waals surface area contributed by atoms with Crippen LogP contribution in [0.4, 0.5) is 0 Å². The minimum absolute atomic E-state index is 0.181. The zero-order valence-electron chi connectivity index (χ0n) is 12.6. The van der Waals surface area contributed by atoms with Gasteiger partial charge in [0.2, 0.25) is 0 Å². The first-order valence-corrected chi connectivity index (χ1v) is 7.84. The molecule has 0 bridgehead atoms. The molecule has 1 N–H and O–H groups in total. The van der Waals surface area contributed by atoms with Crippen LogP contribution < -0.4 is 10.1 Å². The molecule has 0 radical (unpaired) electrons. The van der Waals surface area contributed by atoms with Gasteiger partial charge in [0, 0.05) is 18.7 Å². The summed E-state index contributed by atoms with van der Waals surface area (Å²) in [6, 6.07) is 12.7. The fourth-order valence-corrected chi connectivity index (χ4v) is 2.84. The third kappa shape index (κ3) is 3.36. The van der Waals surface area contributed by atoms with Gasteiger partial charge in [0.05, 0.1) is 6.61 Å². The van der Waals surface area contributed by atoms with Crippen molar-refractivity contribution in [1.29, 1.82) is 0 Å². The summed E-state index contributed by atoms with van der Waals surface area (Å²) in [6.07, 6.45) is 2.34. The highest BCUT2D eigenvalue weighted by Gasteiger charge is 2.17. The van der Waals surface area contributed by atoms with E-state index in [1.54, 1.807) is 0 Å². The van der Waals surface area contributed by atoms with Crippen molar-refractivity contribution < 1.29 is 9.47 Å². The first-order valence-electron chi connectivity index (χ1n) is 7.84. The van der Waals surface area contributed by atoms with Crippen molar-refractivity contribution in [2.75, 3.05) is 19.8 Å². The Bertz CT molecular complexity index is 591. The second kappa shape index (κ2) is 6.92. The average Bonchev–Trinajstić information content (AvgIpc) is 2.55. The largest absolute Gasteiger partial charge is 0.488 e. The van der Waals surface area contributed by atoms with Crippen LogP contribution >= 0.6 is 0 Å². The Morgan fingerprint density at radius 1 is 1.24 bits per heavy atom. The van der Waals surface area contributed by atoms with Gasteiger partial charge < -0.3 is 14.8 Å². The first-order chi connectivity index (χ1) is 10.4. The molecule has 0 amide bonds. The van der Waals surface area contributed by atoms with Gasteiger partial charge in [-0.15, -0.1) is 0 Å². The van der Waals surface area contributed by atoms with Gasteiger partial charge >= 0.3 is 0 Å². The summed E-state index contributed by atoms with van der Waals surface area (Å²) in [5.41, 5.74) is 1.25. The molecule has 1 heterocycles. The lowest BCUT2D eigenvalue weighted by atomic mass is 10.0. The maximum atomic E-state index is 6.23. The molecule has 1 saturated heterocycles. The molecule has 1 aliphatic heterocycles. The van der Waals surface area contributed by atoms with E-state index in [0.717, 1.165) is 38.3 Å². The van der Waals surface area contributed by atoms with Gasteiger partial charge in [0.15, 0.2) is 0 Å². The molecule has 0 saturated carbocycles. The smallest absolute Gasteiger partial charge is 0.124 e. The van der Waals surface area contributed by atoms with Crippen LogP contribution in [0, 0.1) is 0 Å². The predicted octanol–water partition coefficient (Wildman–Crippen LogP) is 3.51. The van der Waals surface area contributed by atoms with Crippen molar-refractivity contribution in [1.82, 2.24) is 5.32 Å². The molecule has 1 aliphatic rings. The lowest BCUT2D eigenvalue weighted by Gasteiger charge is -2.25. The van der Waals surface area contributed by atoms with Crippen LogP contribution in [0.3, 0.4) is 0 Å². The van der Waals surface area contributed by atoms with Crippen molar-refractivity contribution in [2.24, 2.45) is 0 Å². The van der Waals surface area contributed by atoms with E-state index in [4.69, 9.17) is 9.47 Å². The lowest BCUT2D eigenvalue weighted by Crippen LogP contribution is -2.28. The predicted molar refractivity (Wildman–Crippen MR) is 85.8 cm³/mol. The van der Waals surface area contributed by atoms with Gasteiger partial charge in [-0.1, -0.05) is 37.3 Å². The highest BCUT2D eigenvalue weighted by Crippen LogP contribution is 2.29. The fourth-order valence-electron chi connectivity index (χ4n) is 2.84. The molecule has 3 heteroatoms. The number of nitrogens with one attached hydrogen (secondary N) is 1. The van der Waals surface area contributed by atoms with E-state index < -0.39 is 0 Å². The van der Waals surface area contributed by atoms with Crippen molar-refractivity contribution >= 4 is 10.8 Å². The zero-order valence-corrected chi connectivity index (χ0v) is 12.6. The summed E-state index contributed by atoms with van der Waals surface area (Å²) in [5, 5.41) is 5.96. The number of hydrogen-bond acceptors (Lipinski definition) is 3. The van der Waals surface area contributed by atoms with Crippen molar-refractivity contribution in [2.45, 2.75) is 32.4 Å². The van der Waals surface area contributed by atoms with Gasteiger partial charge in [-0.05, 0) is 36.2 Å². The van der Waals surface area contributed by atoms with Gasteiger partial charge in [0.1, 0.15) is 11.9 Å². The van der Waals surface area contributed by atoms with Crippen molar-refractivity contribution in [3.8, 4) is 5.75 Å². The highest BCUT2D eigenvalue weighted by atomic mass is 16.5. The second-order valence-electron chi connectivity index (χ2n) is 5.50. The van der Waals surface area contributed by atoms with E-state index in [0.29, 0.717) is 6.61 Å². The summed E-state index contributed by atoms with van der Waals surface area (Å²) in [6.45, 7) is 5.48. The molecular weight excluding hydrogens is 262 g/mol. The summed E-state index contributed by atoms with van der Waals surface area (Å²) >= 11 is 0. The van der Waals surface area contributed by atoms with Crippen LogP contribution in [0.5, 0.6) is 5.75 Å². The molecule has 21 heavy (non-hydrogen) atoms. The Morgan fingerprint density at radius 2 is 2.14 bits per heavy atom. The molecule has 1 fully saturated rings. The number of benzene rings is 2. The van der Waals surface area contributed by atoms with E-state index in [9.17, 15) is 0 Å². The average molecular weight is 285 g/mol. The van der Waals surface area contributed by atoms with Gasteiger partial charge in [-0.25, -0.2) is 0 Å². The molecule has 2 aromatic carbocycles. The van der Waals surface area contributed by atoms with Crippen LogP contribution in [0.15, 0.2) is 36.4 Å². The van der Waals surface area contributed by atoms with Crippen LogP contribution in [0.1, 0.15) is 25.3 Å². The fraction of sp³-hybridized carbons (Fsp3) is 0.444. The minimum atomic E-state index is 0.181. The number of rotatable bonds is 5. The molecule has 1 atom stereocenters. The summed E-state index contributed by atoms with van der Waals surface area (Å²) in [7, 11) is 0. The standard InChI is InChI=1S/C18H23NO2/c1-2-19-12-17-16-8-4-3-6-14(16)9-10-18(17)21-15-7-5-11-20-13-15/h3-4,6,8-10,15,19H,2,5,7,11-13H2,1H3. The zero-order chi connectivity index (χ0) is 14.5. The van der Waals surface area contributed by atoms with E-state index >= 15 is 0 Å². The third-order valence-corrected chi connectivity index (χ3v) is 3.96. The van der Waals surface area contributed by atoms with Crippen LogP contribution in [0.2, 0.25) is 0 Å². The number of hydrogen-bond donors (Lipinski definition) is 1. The SMILES string of the molecule is CCNCc1c(OC2CCCOC2)ccc2ccccc12. The molecule has 2 aromatic rings. The Balaban J connectivity index is 1.91. The lowest BCUT2D eigenvalue weighted by molar-refractivity contribution is 0.00708. The Kier molecular flexibility index (Phi) is 4.73. The molecule has 112 valence electrons. The summed E-state index contributed by atoms with van der Waals surface area (Å²) in [4.78, 5) is 0. The Labute approximate surface area is 126 Å². The van der Waals surface area contributed by atoms with E-state index in [2.05, 4.69) is 48.6 Å². The highest BCUT2D eigenvalue weighted by molar-refractivity contribution is 5.87. The maximum Gasteiger partial charge on any atom is 0.124 e. The minimum Gasteiger partial charge on any atom is -0.488 e.